The second-order valence-corrected chi connectivity index (χ2v) is 7.39. The molecule has 1 aliphatic heterocycles. The minimum atomic E-state index is -0.206. The van der Waals surface area contributed by atoms with Gasteiger partial charge >= 0.3 is 0 Å². The molecule has 6 heteroatoms. The van der Waals surface area contributed by atoms with Crippen LogP contribution >= 0.6 is 0 Å². The lowest BCUT2D eigenvalue weighted by Gasteiger charge is -2.37. The normalized spacial score (nSPS) is 16.6. The Balaban J connectivity index is 1.49. The van der Waals surface area contributed by atoms with Crippen LogP contribution in [0.25, 0.3) is 10.8 Å². The van der Waals surface area contributed by atoms with E-state index >= 15 is 0 Å². The molecule has 6 nitrogen and oxygen atoms in total. The lowest BCUT2D eigenvalue weighted by Crippen LogP contribution is -2.54. The van der Waals surface area contributed by atoms with E-state index in [0.29, 0.717) is 6.54 Å². The van der Waals surface area contributed by atoms with Gasteiger partial charge in [0.05, 0.1) is 12.6 Å². The van der Waals surface area contributed by atoms with E-state index in [1.165, 1.54) is 0 Å². The fraction of sp³-hybridized carbons (Fsp3) is 0.455. The summed E-state index contributed by atoms with van der Waals surface area (Å²) in [7, 11) is 0. The van der Waals surface area contributed by atoms with Gasteiger partial charge in [-0.3, -0.25) is 19.4 Å². The maximum Gasteiger partial charge on any atom is 0.241 e. The highest BCUT2D eigenvalue weighted by molar-refractivity contribution is 5.97. The average molecular weight is 383 g/mol. The summed E-state index contributed by atoms with van der Waals surface area (Å²) in [6.07, 6.45) is 0.948. The van der Waals surface area contributed by atoms with Crippen molar-refractivity contribution in [3.8, 4) is 0 Å². The first-order valence-electron chi connectivity index (χ1n) is 10.1. The number of nitrogens with zero attached hydrogens (tertiary/aromatic N) is 2. The predicted octanol–water partition coefficient (Wildman–Crippen LogP) is 2.31. The van der Waals surface area contributed by atoms with E-state index in [2.05, 4.69) is 26.5 Å². The van der Waals surface area contributed by atoms with Crippen molar-refractivity contribution in [2.24, 2.45) is 0 Å². The van der Waals surface area contributed by atoms with Crippen LogP contribution in [0.5, 0.6) is 0 Å². The molecular formula is C22H30N4O2. The van der Waals surface area contributed by atoms with Crippen LogP contribution < -0.4 is 10.6 Å². The number of anilines is 1. The third-order valence-electron chi connectivity index (χ3n) is 5.29. The number of nitrogens with one attached hydrogen (secondary N) is 2. The first kappa shape index (κ1) is 20.3. The van der Waals surface area contributed by atoms with E-state index in [-0.39, 0.29) is 17.9 Å². The Morgan fingerprint density at radius 1 is 1.04 bits per heavy atom. The second kappa shape index (κ2) is 9.66. The summed E-state index contributed by atoms with van der Waals surface area (Å²) in [6, 6.07) is 13.9. The molecule has 0 bridgehead atoms. The Bertz CT molecular complexity index is 815. The van der Waals surface area contributed by atoms with Crippen molar-refractivity contribution < 1.29 is 9.59 Å². The molecule has 28 heavy (non-hydrogen) atoms. The van der Waals surface area contributed by atoms with Gasteiger partial charge in [0.25, 0.3) is 0 Å². The van der Waals surface area contributed by atoms with Crippen molar-refractivity contribution in [3.05, 3.63) is 42.5 Å². The number of piperazine rings is 1. The van der Waals surface area contributed by atoms with Gasteiger partial charge in [0.2, 0.25) is 11.8 Å². The predicted molar refractivity (Wildman–Crippen MR) is 113 cm³/mol. The second-order valence-electron chi connectivity index (χ2n) is 7.39. The molecule has 2 amide bonds. The Kier molecular flexibility index (Phi) is 7.01. The molecular weight excluding hydrogens is 352 g/mol. The van der Waals surface area contributed by atoms with Gasteiger partial charge in [-0.05, 0) is 36.2 Å². The van der Waals surface area contributed by atoms with Crippen molar-refractivity contribution in [1.82, 2.24) is 15.1 Å². The number of benzene rings is 2. The van der Waals surface area contributed by atoms with E-state index < -0.39 is 0 Å². The van der Waals surface area contributed by atoms with E-state index in [1.54, 1.807) is 0 Å². The number of rotatable bonds is 7. The lowest BCUT2D eigenvalue weighted by atomic mass is 10.1. The fourth-order valence-corrected chi connectivity index (χ4v) is 3.51. The summed E-state index contributed by atoms with van der Waals surface area (Å²) < 4.78 is 0. The van der Waals surface area contributed by atoms with Gasteiger partial charge in [0.1, 0.15) is 0 Å². The molecule has 0 saturated carbocycles. The Labute approximate surface area is 166 Å². The van der Waals surface area contributed by atoms with Crippen LogP contribution in [0.2, 0.25) is 0 Å². The Morgan fingerprint density at radius 3 is 2.46 bits per heavy atom. The molecule has 0 spiro atoms. The summed E-state index contributed by atoms with van der Waals surface area (Å²) in [6.45, 7) is 8.32. The molecule has 1 fully saturated rings. The van der Waals surface area contributed by atoms with E-state index in [9.17, 15) is 9.59 Å². The van der Waals surface area contributed by atoms with E-state index in [4.69, 9.17) is 0 Å². The van der Waals surface area contributed by atoms with Crippen LogP contribution in [-0.4, -0.2) is 66.9 Å². The van der Waals surface area contributed by atoms with Crippen LogP contribution in [0.3, 0.4) is 0 Å². The maximum absolute atomic E-state index is 12.7. The number of hydrogen-bond acceptors (Lipinski definition) is 4. The van der Waals surface area contributed by atoms with Crippen molar-refractivity contribution >= 4 is 28.3 Å². The summed E-state index contributed by atoms with van der Waals surface area (Å²) in [5.74, 6) is 0.0850. The highest BCUT2D eigenvalue weighted by atomic mass is 16.2. The molecule has 1 aliphatic rings. The molecule has 2 aromatic rings. The Hall–Kier alpha value is -2.44. The number of amides is 2. The molecule has 2 N–H and O–H groups in total. The molecule has 0 radical (unpaired) electrons. The zero-order valence-corrected chi connectivity index (χ0v) is 16.8. The number of fused-ring (bicyclic) bond motifs is 1. The average Bonchev–Trinajstić information content (AvgIpc) is 2.72. The highest BCUT2D eigenvalue weighted by Crippen LogP contribution is 2.19. The molecule has 0 unspecified atom stereocenters. The van der Waals surface area contributed by atoms with Gasteiger partial charge in [-0.2, -0.15) is 0 Å². The van der Waals surface area contributed by atoms with E-state index in [0.717, 1.165) is 55.6 Å². The van der Waals surface area contributed by atoms with Gasteiger partial charge in [-0.25, -0.2) is 0 Å². The molecule has 0 aliphatic carbocycles. The molecule has 2 aromatic carbocycles. The third kappa shape index (κ3) is 5.30. The fourth-order valence-electron chi connectivity index (χ4n) is 3.51. The standard InChI is InChI=1S/C22H30N4O2/c1-3-10-23-21(27)16-25-11-13-26(14-12-25)17(2)22(28)24-20-9-8-18-6-4-5-7-19(18)15-20/h4-9,15,17H,3,10-14,16H2,1-2H3,(H,23,27)(H,24,28)/t17-/m0/s1. The first-order valence-corrected chi connectivity index (χ1v) is 10.1. The third-order valence-corrected chi connectivity index (χ3v) is 5.29. The summed E-state index contributed by atoms with van der Waals surface area (Å²) in [4.78, 5) is 28.9. The quantitative estimate of drug-likeness (QED) is 0.771. The Morgan fingerprint density at radius 2 is 1.75 bits per heavy atom. The largest absolute Gasteiger partial charge is 0.355 e. The number of carbonyl (C=O) groups is 2. The smallest absolute Gasteiger partial charge is 0.241 e. The first-order chi connectivity index (χ1) is 13.6. The number of carbonyl (C=O) groups excluding carboxylic acids is 2. The summed E-state index contributed by atoms with van der Waals surface area (Å²) in [5.41, 5.74) is 0.821. The minimum absolute atomic E-state index is 0.00409. The monoisotopic (exact) mass is 382 g/mol. The zero-order chi connectivity index (χ0) is 19.9. The summed E-state index contributed by atoms with van der Waals surface area (Å²) >= 11 is 0. The number of hydrogen-bond donors (Lipinski definition) is 2. The highest BCUT2D eigenvalue weighted by Gasteiger charge is 2.26. The van der Waals surface area contributed by atoms with Crippen LogP contribution in [0.15, 0.2) is 42.5 Å². The molecule has 1 saturated heterocycles. The maximum atomic E-state index is 12.7. The zero-order valence-electron chi connectivity index (χ0n) is 16.8. The van der Waals surface area contributed by atoms with Gasteiger partial charge in [-0.1, -0.05) is 37.3 Å². The molecule has 0 aromatic heterocycles. The minimum Gasteiger partial charge on any atom is -0.355 e. The van der Waals surface area contributed by atoms with Crippen LogP contribution in [0, 0.1) is 0 Å². The van der Waals surface area contributed by atoms with Crippen molar-refractivity contribution in [1.29, 1.82) is 0 Å². The van der Waals surface area contributed by atoms with Gasteiger partial charge in [0.15, 0.2) is 0 Å². The van der Waals surface area contributed by atoms with E-state index in [1.807, 2.05) is 50.2 Å². The molecule has 3 rings (SSSR count). The van der Waals surface area contributed by atoms with Crippen molar-refractivity contribution in [3.63, 3.8) is 0 Å². The molecule has 1 atom stereocenters. The van der Waals surface area contributed by atoms with Crippen LogP contribution in [0.1, 0.15) is 20.3 Å². The SMILES string of the molecule is CCCNC(=O)CN1CCN([C@@H](C)C(=O)Nc2ccc3ccccc3c2)CC1. The van der Waals surface area contributed by atoms with Crippen molar-refractivity contribution in [2.45, 2.75) is 26.3 Å². The van der Waals surface area contributed by atoms with Crippen LogP contribution in [0.4, 0.5) is 5.69 Å². The topological polar surface area (TPSA) is 64.7 Å². The van der Waals surface area contributed by atoms with Crippen molar-refractivity contribution in [2.75, 3.05) is 44.6 Å². The van der Waals surface area contributed by atoms with Crippen LogP contribution in [-0.2, 0) is 9.59 Å². The summed E-state index contributed by atoms with van der Waals surface area (Å²) in [5, 5.41) is 8.23. The molecule has 1 heterocycles. The van der Waals surface area contributed by atoms with Gasteiger partial charge in [0, 0.05) is 38.4 Å². The lowest BCUT2D eigenvalue weighted by molar-refractivity contribution is -0.124. The molecule has 150 valence electrons. The van der Waals surface area contributed by atoms with Gasteiger partial charge < -0.3 is 10.6 Å². The van der Waals surface area contributed by atoms with Gasteiger partial charge in [-0.15, -0.1) is 0 Å².